The minimum Gasteiger partial charge on any atom is -0.304 e. The molecule has 2 heterocycles. The van der Waals surface area contributed by atoms with Crippen LogP contribution in [0.5, 0.6) is 0 Å². The number of fused-ring (bicyclic) bond motifs is 2. The van der Waals surface area contributed by atoms with Crippen LogP contribution < -0.4 is 10.6 Å². The lowest BCUT2D eigenvalue weighted by Crippen LogP contribution is -2.26. The first-order valence-electron chi connectivity index (χ1n) is 6.56. The van der Waals surface area contributed by atoms with Gasteiger partial charge in [-0.05, 0) is 22.3 Å². The maximum atomic E-state index is 3.64. The maximum Gasteiger partial charge on any atom is 0.0524 e. The van der Waals surface area contributed by atoms with Crippen LogP contribution in [-0.2, 0) is 13.1 Å². The Morgan fingerprint density at radius 2 is 1.11 bits per heavy atom. The van der Waals surface area contributed by atoms with Crippen molar-refractivity contribution >= 4 is 0 Å². The molecule has 2 aliphatic heterocycles. The molecule has 1 unspecified atom stereocenters. The third-order valence-corrected chi connectivity index (χ3v) is 4.14. The van der Waals surface area contributed by atoms with Crippen molar-refractivity contribution in [2.45, 2.75) is 25.2 Å². The van der Waals surface area contributed by atoms with Crippen LogP contribution in [0.3, 0.4) is 0 Å². The molecule has 2 heteroatoms. The maximum absolute atomic E-state index is 3.64. The predicted octanol–water partition coefficient (Wildman–Crippen LogP) is 2.68. The summed E-state index contributed by atoms with van der Waals surface area (Å²) in [6.07, 6.45) is 0. The van der Waals surface area contributed by atoms with Crippen molar-refractivity contribution in [2.75, 3.05) is 0 Å². The van der Waals surface area contributed by atoms with Gasteiger partial charge in [0.25, 0.3) is 0 Å². The van der Waals surface area contributed by atoms with E-state index in [2.05, 4.69) is 59.2 Å². The molecule has 2 aromatic carbocycles. The van der Waals surface area contributed by atoms with E-state index in [1.54, 1.807) is 0 Å². The quantitative estimate of drug-likeness (QED) is 0.795. The van der Waals surface area contributed by atoms with Gasteiger partial charge in [0.2, 0.25) is 0 Å². The van der Waals surface area contributed by atoms with Gasteiger partial charge in [-0.25, -0.2) is 0 Å². The van der Waals surface area contributed by atoms with Gasteiger partial charge in [-0.1, -0.05) is 48.5 Å². The van der Waals surface area contributed by atoms with Gasteiger partial charge in [-0.2, -0.15) is 0 Å². The zero-order chi connectivity index (χ0) is 11.9. The highest BCUT2D eigenvalue weighted by Gasteiger charge is 2.33. The lowest BCUT2D eigenvalue weighted by Gasteiger charge is -2.21. The summed E-state index contributed by atoms with van der Waals surface area (Å²) >= 11 is 0. The van der Waals surface area contributed by atoms with Crippen molar-refractivity contribution in [3.8, 4) is 0 Å². The van der Waals surface area contributed by atoms with Crippen LogP contribution in [-0.4, -0.2) is 0 Å². The van der Waals surface area contributed by atoms with Crippen molar-refractivity contribution in [1.82, 2.24) is 10.6 Å². The molecule has 2 atom stereocenters. The number of hydrogen-bond acceptors (Lipinski definition) is 2. The van der Waals surface area contributed by atoms with Crippen LogP contribution in [0.2, 0.25) is 0 Å². The lowest BCUT2D eigenvalue weighted by molar-refractivity contribution is 0.430. The van der Waals surface area contributed by atoms with Gasteiger partial charge in [0.05, 0.1) is 12.1 Å². The number of rotatable bonds is 1. The van der Waals surface area contributed by atoms with Crippen molar-refractivity contribution in [3.63, 3.8) is 0 Å². The molecule has 0 saturated carbocycles. The van der Waals surface area contributed by atoms with E-state index in [-0.39, 0.29) is 0 Å². The van der Waals surface area contributed by atoms with E-state index in [0.717, 1.165) is 13.1 Å². The second-order valence-electron chi connectivity index (χ2n) is 5.11. The molecule has 2 aromatic rings. The summed E-state index contributed by atoms with van der Waals surface area (Å²) in [6.45, 7) is 1.97. The highest BCUT2D eigenvalue weighted by molar-refractivity contribution is 5.41. The molecule has 2 aliphatic rings. The first-order chi connectivity index (χ1) is 8.93. The zero-order valence-corrected chi connectivity index (χ0v) is 10.2. The summed E-state index contributed by atoms with van der Waals surface area (Å²) in [7, 11) is 0. The highest BCUT2D eigenvalue weighted by Crippen LogP contribution is 2.39. The van der Waals surface area contributed by atoms with E-state index < -0.39 is 0 Å². The predicted molar refractivity (Wildman–Crippen MR) is 72.0 cm³/mol. The molecule has 0 aliphatic carbocycles. The summed E-state index contributed by atoms with van der Waals surface area (Å²) in [5.74, 6) is 0. The van der Waals surface area contributed by atoms with Crippen LogP contribution in [0.4, 0.5) is 0 Å². The second-order valence-corrected chi connectivity index (χ2v) is 5.11. The summed E-state index contributed by atoms with van der Waals surface area (Å²) < 4.78 is 0. The minimum atomic E-state index is 0.407. The van der Waals surface area contributed by atoms with Gasteiger partial charge in [0, 0.05) is 13.1 Å². The Labute approximate surface area is 107 Å². The van der Waals surface area contributed by atoms with E-state index in [0.29, 0.717) is 12.1 Å². The van der Waals surface area contributed by atoms with Crippen LogP contribution >= 0.6 is 0 Å². The van der Waals surface area contributed by atoms with Crippen molar-refractivity contribution in [1.29, 1.82) is 0 Å². The molecule has 0 bridgehead atoms. The molecule has 2 N–H and O–H groups in total. The van der Waals surface area contributed by atoms with E-state index in [1.807, 2.05) is 0 Å². The van der Waals surface area contributed by atoms with Gasteiger partial charge >= 0.3 is 0 Å². The Bertz CT molecular complexity index is 538. The molecule has 0 radical (unpaired) electrons. The third-order valence-electron chi connectivity index (χ3n) is 4.14. The number of benzene rings is 2. The minimum absolute atomic E-state index is 0.407. The normalized spacial score (nSPS) is 24.9. The first-order valence-corrected chi connectivity index (χ1v) is 6.56. The Morgan fingerprint density at radius 3 is 1.61 bits per heavy atom. The second kappa shape index (κ2) is 3.94. The highest BCUT2D eigenvalue weighted by atomic mass is 15.1. The summed E-state index contributed by atoms with van der Waals surface area (Å²) in [5, 5.41) is 7.28. The fraction of sp³-hybridized carbons (Fsp3) is 0.250. The average molecular weight is 236 g/mol. The summed E-state index contributed by atoms with van der Waals surface area (Å²) in [5.41, 5.74) is 5.78. The molecule has 0 fully saturated rings. The van der Waals surface area contributed by atoms with Crippen LogP contribution in [0.1, 0.15) is 34.3 Å². The zero-order valence-electron chi connectivity index (χ0n) is 10.2. The Balaban J connectivity index is 1.75. The Kier molecular flexibility index (Phi) is 2.25. The van der Waals surface area contributed by atoms with Crippen LogP contribution in [0.15, 0.2) is 48.5 Å². The SMILES string of the molecule is c1ccc2c(c1)CNC2[C@H]1NCc2ccccc21. The first kappa shape index (κ1) is 10.3. The molecule has 0 saturated heterocycles. The van der Waals surface area contributed by atoms with Gasteiger partial charge in [-0.3, -0.25) is 0 Å². The summed E-state index contributed by atoms with van der Waals surface area (Å²) in [6, 6.07) is 18.3. The monoisotopic (exact) mass is 236 g/mol. The van der Waals surface area contributed by atoms with E-state index in [4.69, 9.17) is 0 Å². The van der Waals surface area contributed by atoms with Gasteiger partial charge < -0.3 is 10.6 Å². The molecule has 0 aromatic heterocycles. The third kappa shape index (κ3) is 1.43. The van der Waals surface area contributed by atoms with Crippen molar-refractivity contribution in [2.24, 2.45) is 0 Å². The fourth-order valence-electron chi connectivity index (χ4n) is 3.25. The molecule has 18 heavy (non-hydrogen) atoms. The Hall–Kier alpha value is -1.64. The van der Waals surface area contributed by atoms with Crippen molar-refractivity contribution in [3.05, 3.63) is 70.8 Å². The van der Waals surface area contributed by atoms with Crippen LogP contribution in [0, 0.1) is 0 Å². The molecule has 90 valence electrons. The lowest BCUT2D eigenvalue weighted by atomic mass is 9.94. The Morgan fingerprint density at radius 1 is 0.667 bits per heavy atom. The van der Waals surface area contributed by atoms with Gasteiger partial charge in [0.1, 0.15) is 0 Å². The summed E-state index contributed by atoms with van der Waals surface area (Å²) in [4.78, 5) is 0. The molecule has 0 amide bonds. The fourth-order valence-corrected chi connectivity index (χ4v) is 3.25. The van der Waals surface area contributed by atoms with Gasteiger partial charge in [0.15, 0.2) is 0 Å². The molecule has 0 spiro atoms. The molecule has 2 nitrogen and oxygen atoms in total. The standard InChI is InChI=1S/C16H16N2/c1-3-7-13-11(5-1)9-17-15(13)16-14-8-4-2-6-12(14)10-18-16/h1-8,15-18H,9-10H2/t15-,16?/m0/s1. The topological polar surface area (TPSA) is 24.1 Å². The molecule has 4 rings (SSSR count). The van der Waals surface area contributed by atoms with Gasteiger partial charge in [-0.15, -0.1) is 0 Å². The smallest absolute Gasteiger partial charge is 0.0524 e. The number of nitrogens with one attached hydrogen (secondary N) is 2. The number of hydrogen-bond donors (Lipinski definition) is 2. The molecular weight excluding hydrogens is 220 g/mol. The largest absolute Gasteiger partial charge is 0.304 e. The molecular formula is C16H16N2. The van der Waals surface area contributed by atoms with Crippen molar-refractivity contribution < 1.29 is 0 Å². The van der Waals surface area contributed by atoms with Crippen LogP contribution in [0.25, 0.3) is 0 Å². The van der Waals surface area contributed by atoms with E-state index >= 15 is 0 Å². The van der Waals surface area contributed by atoms with E-state index in [1.165, 1.54) is 22.3 Å². The average Bonchev–Trinajstić information content (AvgIpc) is 3.01. The van der Waals surface area contributed by atoms with E-state index in [9.17, 15) is 0 Å².